The highest BCUT2D eigenvalue weighted by Crippen LogP contribution is 2.21. The molecule has 3 N–H and O–H groups in total. The first-order chi connectivity index (χ1) is 13.4. The Morgan fingerprint density at radius 3 is 2.46 bits per heavy atom. The Kier molecular flexibility index (Phi) is 5.35. The molecule has 0 saturated heterocycles. The third-order valence-corrected chi connectivity index (χ3v) is 4.28. The molecule has 3 rings (SSSR count). The fraction of sp³-hybridized carbons (Fsp3) is 0.211. The molecule has 9 heteroatoms. The summed E-state index contributed by atoms with van der Waals surface area (Å²) in [4.78, 5) is 36.6. The number of amides is 2. The minimum absolute atomic E-state index is 0.148. The number of carbonyl (C=O) groups is 3. The highest BCUT2D eigenvalue weighted by Gasteiger charge is 2.28. The number of hydrogen-bond acceptors (Lipinski definition) is 5. The topological polar surface area (TPSA) is 125 Å². The minimum atomic E-state index is -1.10. The molecule has 3 aromatic rings. The molecule has 28 heavy (non-hydrogen) atoms. The van der Waals surface area contributed by atoms with E-state index in [1.807, 2.05) is 18.2 Å². The van der Waals surface area contributed by atoms with Gasteiger partial charge in [0.05, 0.1) is 11.3 Å². The third kappa shape index (κ3) is 3.98. The largest absolute Gasteiger partial charge is 0.363 e. The zero-order valence-electron chi connectivity index (χ0n) is 15.5. The van der Waals surface area contributed by atoms with Crippen LogP contribution in [0.15, 0.2) is 48.8 Å². The third-order valence-electron chi connectivity index (χ3n) is 4.28. The molecular weight excluding hydrogens is 360 g/mol. The lowest BCUT2D eigenvalue weighted by molar-refractivity contribution is -0.137. The maximum atomic E-state index is 12.9. The first kappa shape index (κ1) is 19.0. The van der Waals surface area contributed by atoms with Gasteiger partial charge in [-0.3, -0.25) is 23.7 Å². The van der Waals surface area contributed by atoms with Crippen molar-refractivity contribution in [3.05, 3.63) is 59.9 Å². The molecule has 0 fully saturated rings. The fourth-order valence-electron chi connectivity index (χ4n) is 2.92. The molecule has 1 aromatic carbocycles. The maximum Gasteiger partial charge on any atom is 0.287 e. The van der Waals surface area contributed by atoms with Crippen LogP contribution in [0.3, 0.4) is 0 Å². The van der Waals surface area contributed by atoms with Gasteiger partial charge in [0.15, 0.2) is 0 Å². The van der Waals surface area contributed by atoms with Crippen molar-refractivity contribution >= 4 is 17.6 Å². The Balaban J connectivity index is 1.89. The van der Waals surface area contributed by atoms with Gasteiger partial charge in [0.1, 0.15) is 11.7 Å². The summed E-state index contributed by atoms with van der Waals surface area (Å²) in [7, 11) is 3.42. The van der Waals surface area contributed by atoms with Crippen LogP contribution in [-0.4, -0.2) is 43.2 Å². The van der Waals surface area contributed by atoms with Gasteiger partial charge < -0.3 is 11.1 Å². The Morgan fingerprint density at radius 1 is 1.14 bits per heavy atom. The Hall–Kier alpha value is -3.75. The molecule has 2 heterocycles. The molecule has 0 spiro atoms. The number of rotatable bonds is 7. The number of hydrogen-bond donors (Lipinski definition) is 2. The Morgan fingerprint density at radius 2 is 1.86 bits per heavy atom. The Bertz CT molecular complexity index is 1020. The van der Waals surface area contributed by atoms with Crippen LogP contribution in [0.2, 0.25) is 0 Å². The maximum absolute atomic E-state index is 12.9. The molecule has 0 radical (unpaired) electrons. The predicted molar refractivity (Wildman–Crippen MR) is 101 cm³/mol. The zero-order chi connectivity index (χ0) is 20.3. The van der Waals surface area contributed by atoms with Gasteiger partial charge in [-0.2, -0.15) is 10.2 Å². The van der Waals surface area contributed by atoms with E-state index in [-0.39, 0.29) is 12.0 Å². The molecule has 0 bridgehead atoms. The van der Waals surface area contributed by atoms with E-state index in [4.69, 9.17) is 5.73 Å². The lowest BCUT2D eigenvalue weighted by atomic mass is 10.0. The zero-order valence-corrected chi connectivity index (χ0v) is 15.5. The summed E-state index contributed by atoms with van der Waals surface area (Å²) in [6, 6.07) is 9.72. The van der Waals surface area contributed by atoms with Crippen LogP contribution in [0.4, 0.5) is 0 Å². The summed E-state index contributed by atoms with van der Waals surface area (Å²) in [5.41, 5.74) is 7.29. The number of nitrogens with two attached hydrogens (primary N) is 1. The summed E-state index contributed by atoms with van der Waals surface area (Å²) >= 11 is 0. The van der Waals surface area contributed by atoms with Crippen molar-refractivity contribution in [1.29, 1.82) is 0 Å². The second-order valence-corrected chi connectivity index (χ2v) is 6.35. The molecule has 0 saturated carbocycles. The number of primary amides is 1. The van der Waals surface area contributed by atoms with E-state index in [9.17, 15) is 14.4 Å². The monoisotopic (exact) mass is 380 g/mol. The van der Waals surface area contributed by atoms with E-state index in [1.165, 1.54) is 4.68 Å². The number of aryl methyl sites for hydroxylation is 2. The highest BCUT2D eigenvalue weighted by atomic mass is 16.2. The molecule has 0 aliphatic carbocycles. The fourth-order valence-corrected chi connectivity index (χ4v) is 2.92. The summed E-state index contributed by atoms with van der Waals surface area (Å²) in [5.74, 6) is -2.48. The number of nitrogens with one attached hydrogen (secondary N) is 1. The number of benzene rings is 1. The van der Waals surface area contributed by atoms with Gasteiger partial charge in [-0.15, -0.1) is 0 Å². The summed E-state index contributed by atoms with van der Waals surface area (Å²) in [5, 5.41) is 11.0. The average Bonchev–Trinajstić information content (AvgIpc) is 3.26. The molecule has 2 amide bonds. The van der Waals surface area contributed by atoms with E-state index < -0.39 is 23.6 Å². The first-order valence-corrected chi connectivity index (χ1v) is 8.57. The van der Waals surface area contributed by atoms with Crippen molar-refractivity contribution in [2.24, 2.45) is 19.8 Å². The molecule has 1 atom stereocenters. The van der Waals surface area contributed by atoms with Gasteiger partial charge in [0.2, 0.25) is 5.78 Å². The molecule has 0 aliphatic rings. The molecular formula is C19H20N6O3. The first-order valence-electron chi connectivity index (χ1n) is 8.57. The van der Waals surface area contributed by atoms with Crippen molar-refractivity contribution in [2.75, 3.05) is 0 Å². The van der Waals surface area contributed by atoms with Crippen molar-refractivity contribution in [3.8, 4) is 11.4 Å². The number of Topliss-reactive ketones (excluding diaryl/α,β-unsaturated/α-hetero) is 1. The van der Waals surface area contributed by atoms with Crippen LogP contribution in [0.5, 0.6) is 0 Å². The van der Waals surface area contributed by atoms with Crippen LogP contribution in [0.1, 0.15) is 15.9 Å². The number of ketones is 1. The molecule has 9 nitrogen and oxygen atoms in total. The van der Waals surface area contributed by atoms with E-state index in [2.05, 4.69) is 15.5 Å². The minimum Gasteiger partial charge on any atom is -0.363 e. The van der Waals surface area contributed by atoms with Gasteiger partial charge in [0, 0.05) is 32.9 Å². The number of aromatic nitrogens is 4. The van der Waals surface area contributed by atoms with Crippen molar-refractivity contribution in [1.82, 2.24) is 24.9 Å². The standard InChI is InChI=1S/C19H20N6O3/c1-24-11-13(16(23-24)15-8-9-21-25(15)2)19(28)22-14(17(26)18(20)27)10-12-6-4-3-5-7-12/h3-9,11,14H,10H2,1-2H3,(H2,20,27)(H,22,28). The van der Waals surface area contributed by atoms with E-state index in [0.29, 0.717) is 11.4 Å². The quantitative estimate of drug-likeness (QED) is 0.567. The lowest BCUT2D eigenvalue weighted by Crippen LogP contribution is -2.47. The highest BCUT2D eigenvalue weighted by molar-refractivity contribution is 6.38. The smallest absolute Gasteiger partial charge is 0.287 e. The summed E-state index contributed by atoms with van der Waals surface area (Å²) in [6.07, 6.45) is 3.29. The number of nitrogens with zero attached hydrogens (tertiary/aromatic N) is 4. The second-order valence-electron chi connectivity index (χ2n) is 6.35. The second kappa shape index (κ2) is 7.87. The number of carbonyl (C=O) groups excluding carboxylic acids is 3. The summed E-state index contributed by atoms with van der Waals surface area (Å²) < 4.78 is 3.09. The van der Waals surface area contributed by atoms with E-state index in [0.717, 1.165) is 5.56 Å². The van der Waals surface area contributed by atoms with Crippen LogP contribution >= 0.6 is 0 Å². The Labute approximate surface area is 161 Å². The van der Waals surface area contributed by atoms with E-state index in [1.54, 1.807) is 49.4 Å². The molecule has 2 aromatic heterocycles. The molecule has 144 valence electrons. The summed E-state index contributed by atoms with van der Waals surface area (Å²) in [6.45, 7) is 0. The lowest BCUT2D eigenvalue weighted by Gasteiger charge is -2.16. The van der Waals surface area contributed by atoms with Crippen LogP contribution in [0, 0.1) is 0 Å². The SMILES string of the molecule is Cn1cc(C(=O)NC(Cc2ccccc2)C(=O)C(N)=O)c(-c2ccnn2C)n1. The average molecular weight is 380 g/mol. The van der Waals surface area contributed by atoms with E-state index >= 15 is 0 Å². The normalized spacial score (nSPS) is 11.8. The van der Waals surface area contributed by atoms with Gasteiger partial charge in [-0.1, -0.05) is 30.3 Å². The van der Waals surface area contributed by atoms with Gasteiger partial charge >= 0.3 is 0 Å². The predicted octanol–water partition coefficient (Wildman–Crippen LogP) is 0.216. The van der Waals surface area contributed by atoms with Crippen LogP contribution in [-0.2, 0) is 30.1 Å². The molecule has 0 aliphatic heterocycles. The van der Waals surface area contributed by atoms with Crippen molar-refractivity contribution < 1.29 is 14.4 Å². The van der Waals surface area contributed by atoms with Crippen LogP contribution < -0.4 is 11.1 Å². The van der Waals surface area contributed by atoms with Gasteiger partial charge in [-0.05, 0) is 11.6 Å². The van der Waals surface area contributed by atoms with Crippen molar-refractivity contribution in [2.45, 2.75) is 12.5 Å². The van der Waals surface area contributed by atoms with Crippen LogP contribution in [0.25, 0.3) is 11.4 Å². The van der Waals surface area contributed by atoms with Gasteiger partial charge in [-0.25, -0.2) is 0 Å². The molecule has 1 unspecified atom stereocenters. The van der Waals surface area contributed by atoms with Gasteiger partial charge in [0.25, 0.3) is 11.8 Å². The van der Waals surface area contributed by atoms with Crippen molar-refractivity contribution in [3.63, 3.8) is 0 Å².